The van der Waals surface area contributed by atoms with Gasteiger partial charge in [-0.3, -0.25) is 9.59 Å². The molecule has 1 amide bonds. The van der Waals surface area contributed by atoms with Crippen molar-refractivity contribution in [2.75, 3.05) is 51.7 Å². The van der Waals surface area contributed by atoms with Gasteiger partial charge >= 0.3 is 0 Å². The minimum Gasteiger partial charge on any atom is -0.497 e. The van der Waals surface area contributed by atoms with Crippen molar-refractivity contribution < 1.29 is 28.5 Å². The summed E-state index contributed by atoms with van der Waals surface area (Å²) in [5.41, 5.74) is 5.76. The number of allylic oxidation sites excluding steroid dienone is 1. The molecule has 0 fully saturated rings. The van der Waals surface area contributed by atoms with E-state index >= 15 is 0 Å². The summed E-state index contributed by atoms with van der Waals surface area (Å²) in [6.07, 6.45) is 3.67. The second-order valence-corrected chi connectivity index (χ2v) is 12.8. The minimum atomic E-state index is -0.606. The molecule has 47 heavy (non-hydrogen) atoms. The number of nitrogens with one attached hydrogen (secondary N) is 3. The fraction of sp³-hybridized carbons (Fsp3) is 0.351. The fourth-order valence-electron chi connectivity index (χ4n) is 6.87. The quantitative estimate of drug-likeness (QED) is 0.189. The van der Waals surface area contributed by atoms with Crippen LogP contribution in [0.3, 0.4) is 0 Å². The summed E-state index contributed by atoms with van der Waals surface area (Å²) in [7, 11) is 6.34. The van der Waals surface area contributed by atoms with Crippen LogP contribution in [0.4, 0.5) is 11.4 Å². The molecule has 0 radical (unpaired) electrons. The molecule has 1 aliphatic carbocycles. The Hall–Kier alpha value is -5.12. The first-order valence-electron chi connectivity index (χ1n) is 15.8. The largest absolute Gasteiger partial charge is 0.497 e. The number of nitrogens with zero attached hydrogens (tertiary/aromatic N) is 1. The standard InChI is InChI=1S/C37H42N4O6/c1-37(2)18-28-34(30(42)19-37)35(23-15-31(45-4)36(47-6)32(16-23)46-5)41(29-10-8-7-9-27(29)40-28)21-33(43)38-14-13-22-20-39-26-12-11-24(44-3)17-25(22)26/h7-12,15-17,20,35,39-40H,13-14,18-19,21H2,1-6H3,(H,38,43). The van der Waals surface area contributed by atoms with E-state index in [4.69, 9.17) is 18.9 Å². The van der Waals surface area contributed by atoms with Gasteiger partial charge in [-0.05, 0) is 71.8 Å². The van der Waals surface area contributed by atoms with Crippen LogP contribution in [-0.4, -0.2) is 58.2 Å². The molecular weight excluding hydrogens is 596 g/mol. The SMILES string of the molecule is COc1ccc2[nH]cc(CCNC(=O)CN3c4ccccc4NC4=C(C(=O)CC(C)(C)C4)C3c3cc(OC)c(OC)c(OC)c3)c2c1. The van der Waals surface area contributed by atoms with Crippen LogP contribution in [0.15, 0.2) is 72.1 Å². The third-order valence-corrected chi connectivity index (χ3v) is 9.01. The normalized spacial score (nSPS) is 16.9. The topological polar surface area (TPSA) is 114 Å². The second-order valence-electron chi connectivity index (χ2n) is 12.8. The van der Waals surface area contributed by atoms with E-state index in [1.54, 1.807) is 28.4 Å². The maximum Gasteiger partial charge on any atom is 0.239 e. The van der Waals surface area contributed by atoms with Crippen LogP contribution in [0.25, 0.3) is 10.9 Å². The fourth-order valence-corrected chi connectivity index (χ4v) is 6.87. The number of amides is 1. The molecule has 1 atom stereocenters. The van der Waals surface area contributed by atoms with Crippen LogP contribution in [-0.2, 0) is 16.0 Å². The number of rotatable bonds is 10. The highest BCUT2D eigenvalue weighted by Crippen LogP contribution is 2.50. The predicted octanol–water partition coefficient (Wildman–Crippen LogP) is 6.18. The van der Waals surface area contributed by atoms with E-state index in [2.05, 4.69) is 29.5 Å². The smallest absolute Gasteiger partial charge is 0.239 e. The Bertz CT molecular complexity index is 1830. The van der Waals surface area contributed by atoms with Crippen LogP contribution in [0.5, 0.6) is 23.0 Å². The lowest BCUT2D eigenvalue weighted by Crippen LogP contribution is -2.42. The van der Waals surface area contributed by atoms with E-state index in [1.807, 2.05) is 65.7 Å². The number of benzene rings is 3. The highest BCUT2D eigenvalue weighted by molar-refractivity contribution is 6.02. The highest BCUT2D eigenvalue weighted by atomic mass is 16.5. The van der Waals surface area contributed by atoms with Crippen molar-refractivity contribution in [3.63, 3.8) is 0 Å². The Morgan fingerprint density at radius 3 is 2.40 bits per heavy atom. The number of para-hydroxylation sites is 2. The Morgan fingerprint density at radius 2 is 1.70 bits per heavy atom. The number of ether oxygens (including phenoxy) is 4. The molecule has 1 aliphatic heterocycles. The molecule has 4 aromatic rings. The number of carbonyl (C=O) groups excluding carboxylic acids is 2. The lowest BCUT2D eigenvalue weighted by Gasteiger charge is -2.38. The van der Waals surface area contributed by atoms with E-state index < -0.39 is 6.04 Å². The van der Waals surface area contributed by atoms with Gasteiger partial charge in [0.1, 0.15) is 5.75 Å². The van der Waals surface area contributed by atoms with Gasteiger partial charge in [-0.25, -0.2) is 0 Å². The first-order valence-corrected chi connectivity index (χ1v) is 15.8. The molecule has 0 spiro atoms. The molecule has 10 heteroatoms. The number of ketones is 1. The Labute approximate surface area is 275 Å². The zero-order chi connectivity index (χ0) is 33.3. The first-order chi connectivity index (χ1) is 22.7. The van der Waals surface area contributed by atoms with Crippen molar-refractivity contribution in [2.45, 2.75) is 39.2 Å². The Morgan fingerprint density at radius 1 is 0.957 bits per heavy atom. The number of anilines is 2. The number of fused-ring (bicyclic) bond motifs is 2. The van der Waals surface area contributed by atoms with Gasteiger partial charge in [-0.1, -0.05) is 26.0 Å². The molecule has 3 aromatic carbocycles. The van der Waals surface area contributed by atoms with Gasteiger partial charge in [0.25, 0.3) is 0 Å². The van der Waals surface area contributed by atoms with E-state index in [-0.39, 0.29) is 23.7 Å². The lowest BCUT2D eigenvalue weighted by atomic mass is 9.73. The number of aromatic nitrogens is 1. The Kier molecular flexibility index (Phi) is 8.77. The summed E-state index contributed by atoms with van der Waals surface area (Å²) in [5, 5.41) is 7.79. The molecule has 0 bridgehead atoms. The van der Waals surface area contributed by atoms with Crippen LogP contribution in [0.2, 0.25) is 0 Å². The summed E-state index contributed by atoms with van der Waals surface area (Å²) < 4.78 is 22.5. The number of Topliss-reactive ketones (excluding diaryl/α,β-unsaturated/α-hetero) is 1. The second kappa shape index (κ2) is 12.9. The van der Waals surface area contributed by atoms with Crippen molar-refractivity contribution in [2.24, 2.45) is 5.41 Å². The molecule has 1 aromatic heterocycles. The zero-order valence-electron chi connectivity index (χ0n) is 27.8. The molecule has 10 nitrogen and oxygen atoms in total. The van der Waals surface area contributed by atoms with Crippen molar-refractivity contribution in [3.05, 3.63) is 83.2 Å². The van der Waals surface area contributed by atoms with E-state index in [0.29, 0.717) is 48.6 Å². The molecule has 1 unspecified atom stereocenters. The number of H-pyrrole nitrogens is 1. The third-order valence-electron chi connectivity index (χ3n) is 9.01. The molecule has 0 saturated heterocycles. The molecule has 246 valence electrons. The molecule has 3 N–H and O–H groups in total. The van der Waals surface area contributed by atoms with Gasteiger partial charge in [-0.2, -0.15) is 0 Å². The molecule has 0 saturated carbocycles. The summed E-state index contributed by atoms with van der Waals surface area (Å²) in [6, 6.07) is 16.9. The zero-order valence-corrected chi connectivity index (χ0v) is 27.8. The average molecular weight is 639 g/mol. The highest BCUT2D eigenvalue weighted by Gasteiger charge is 2.42. The van der Waals surface area contributed by atoms with Crippen LogP contribution >= 0.6 is 0 Å². The average Bonchev–Trinajstić information content (AvgIpc) is 3.40. The third kappa shape index (κ3) is 6.19. The van der Waals surface area contributed by atoms with Crippen molar-refractivity contribution in [1.29, 1.82) is 0 Å². The van der Waals surface area contributed by atoms with Crippen LogP contribution in [0.1, 0.15) is 43.9 Å². The number of methoxy groups -OCH3 is 4. The summed E-state index contributed by atoms with van der Waals surface area (Å²) >= 11 is 0. The predicted molar refractivity (Wildman–Crippen MR) is 183 cm³/mol. The van der Waals surface area contributed by atoms with Crippen LogP contribution < -0.4 is 34.5 Å². The monoisotopic (exact) mass is 638 g/mol. The minimum absolute atomic E-state index is 0.00911. The molecule has 2 aliphatic rings. The lowest BCUT2D eigenvalue weighted by molar-refractivity contribution is -0.120. The van der Waals surface area contributed by atoms with Crippen molar-refractivity contribution in [1.82, 2.24) is 10.3 Å². The number of hydrogen-bond acceptors (Lipinski definition) is 8. The van der Waals surface area contributed by atoms with Gasteiger partial charge in [0, 0.05) is 41.3 Å². The number of hydrogen-bond donors (Lipinski definition) is 3. The summed E-state index contributed by atoms with van der Waals surface area (Å²) in [4.78, 5) is 33.3. The van der Waals surface area contributed by atoms with Gasteiger partial charge in [0.2, 0.25) is 11.7 Å². The molecular formula is C37H42N4O6. The maximum atomic E-state index is 14.1. The maximum absolute atomic E-state index is 14.1. The first kappa shape index (κ1) is 31.8. The van der Waals surface area contributed by atoms with E-state index in [1.165, 1.54) is 0 Å². The van der Waals surface area contributed by atoms with Gasteiger partial charge < -0.3 is 39.5 Å². The van der Waals surface area contributed by atoms with Crippen molar-refractivity contribution >= 4 is 34.0 Å². The Balaban J connectivity index is 1.38. The molecule has 6 rings (SSSR count). The van der Waals surface area contributed by atoms with E-state index in [0.717, 1.165) is 44.9 Å². The summed E-state index contributed by atoms with van der Waals surface area (Å²) in [5.74, 6) is 2.05. The van der Waals surface area contributed by atoms with Crippen molar-refractivity contribution in [3.8, 4) is 23.0 Å². The van der Waals surface area contributed by atoms with E-state index in [9.17, 15) is 9.59 Å². The molecule has 2 heterocycles. The van der Waals surface area contributed by atoms with Crippen LogP contribution in [0, 0.1) is 5.41 Å². The van der Waals surface area contributed by atoms with Gasteiger partial charge in [0.05, 0.1) is 52.4 Å². The number of aromatic amines is 1. The number of carbonyl (C=O) groups is 2. The van der Waals surface area contributed by atoms with Gasteiger partial charge in [-0.15, -0.1) is 0 Å². The van der Waals surface area contributed by atoms with Gasteiger partial charge in [0.15, 0.2) is 17.3 Å². The summed E-state index contributed by atoms with van der Waals surface area (Å²) in [6.45, 7) is 4.66.